The molecule has 0 aliphatic heterocycles. The summed E-state index contributed by atoms with van der Waals surface area (Å²) in [7, 11) is 0. The summed E-state index contributed by atoms with van der Waals surface area (Å²) in [6, 6.07) is 0. The molecule has 1 atom stereocenters. The fourth-order valence-electron chi connectivity index (χ4n) is 2.23. The Morgan fingerprint density at radius 3 is 2.50 bits per heavy atom. The Morgan fingerprint density at radius 2 is 1.94 bits per heavy atom. The van der Waals surface area contributed by atoms with E-state index < -0.39 is 12.1 Å². The number of halogens is 3. The Balaban J connectivity index is 2.22. The molecule has 0 saturated heterocycles. The summed E-state index contributed by atoms with van der Waals surface area (Å²) in [5.74, 6) is -0.686. The van der Waals surface area contributed by atoms with Crippen LogP contribution in [0.5, 0.6) is 0 Å². The molecule has 18 heavy (non-hydrogen) atoms. The van der Waals surface area contributed by atoms with E-state index in [1.54, 1.807) is 0 Å². The molecule has 6 heteroatoms. The fraction of sp³-hybridized carbons (Fsp3) is 0.750. The number of hydrogen-bond donors (Lipinski definition) is 2. The first kappa shape index (κ1) is 13.2. The van der Waals surface area contributed by atoms with Crippen LogP contribution in [-0.4, -0.2) is 21.9 Å². The molecule has 1 aliphatic rings. The molecule has 0 saturated carbocycles. The molecule has 0 amide bonds. The van der Waals surface area contributed by atoms with Gasteiger partial charge in [0, 0.05) is 16.8 Å². The van der Waals surface area contributed by atoms with Crippen LogP contribution < -0.4 is 5.32 Å². The van der Waals surface area contributed by atoms with E-state index >= 15 is 0 Å². The molecule has 0 fully saturated rings. The molecule has 2 N–H and O–H groups in total. The second kappa shape index (κ2) is 4.17. The minimum absolute atomic E-state index is 0.0216. The average Bonchev–Trinajstić information content (AvgIpc) is 2.57. The lowest BCUT2D eigenvalue weighted by Gasteiger charge is -2.26. The van der Waals surface area contributed by atoms with Crippen molar-refractivity contribution in [2.24, 2.45) is 5.92 Å². The maximum Gasteiger partial charge on any atom is 0.392 e. The maximum atomic E-state index is 12.8. The van der Waals surface area contributed by atoms with Gasteiger partial charge >= 0.3 is 6.18 Å². The van der Waals surface area contributed by atoms with Crippen LogP contribution in [0, 0.1) is 5.92 Å². The molecule has 1 unspecified atom stereocenters. The highest BCUT2D eigenvalue weighted by atomic mass is 19.4. The van der Waals surface area contributed by atoms with E-state index in [9.17, 15) is 13.2 Å². The lowest BCUT2D eigenvalue weighted by Crippen LogP contribution is -2.30. The Hall–Kier alpha value is -1.20. The quantitative estimate of drug-likeness (QED) is 0.814. The molecule has 102 valence electrons. The zero-order valence-electron chi connectivity index (χ0n) is 10.8. The van der Waals surface area contributed by atoms with Crippen LogP contribution >= 0.6 is 0 Å². The van der Waals surface area contributed by atoms with E-state index in [1.165, 1.54) is 0 Å². The first-order valence-corrected chi connectivity index (χ1v) is 6.08. The Morgan fingerprint density at radius 1 is 1.28 bits per heavy atom. The van der Waals surface area contributed by atoms with E-state index in [-0.39, 0.29) is 18.4 Å². The normalized spacial score (nSPS) is 20.7. The molecule has 1 aromatic heterocycles. The highest BCUT2D eigenvalue weighted by molar-refractivity contribution is 5.49. The van der Waals surface area contributed by atoms with E-state index in [2.05, 4.69) is 15.5 Å². The number of aryl methyl sites for hydroxylation is 1. The summed E-state index contributed by atoms with van der Waals surface area (Å²) in [6.45, 7) is 5.87. The summed E-state index contributed by atoms with van der Waals surface area (Å²) >= 11 is 0. The molecule has 1 aromatic rings. The number of hydrogen-bond acceptors (Lipinski definition) is 2. The molecular formula is C12H18F3N3. The highest BCUT2D eigenvalue weighted by Gasteiger charge is 2.42. The van der Waals surface area contributed by atoms with Crippen LogP contribution in [-0.2, 0) is 12.8 Å². The zero-order valence-corrected chi connectivity index (χ0v) is 10.8. The van der Waals surface area contributed by atoms with Crippen molar-refractivity contribution in [3.8, 4) is 0 Å². The first-order valence-electron chi connectivity index (χ1n) is 6.08. The van der Waals surface area contributed by atoms with Crippen LogP contribution in [0.4, 0.5) is 19.0 Å². The summed E-state index contributed by atoms with van der Waals surface area (Å²) in [6.07, 6.45) is -3.53. The van der Waals surface area contributed by atoms with Crippen LogP contribution in [0.3, 0.4) is 0 Å². The molecule has 2 rings (SSSR count). The predicted molar refractivity (Wildman–Crippen MR) is 63.5 cm³/mol. The minimum Gasteiger partial charge on any atom is -0.364 e. The number of H-pyrrole nitrogens is 1. The summed E-state index contributed by atoms with van der Waals surface area (Å²) in [5.41, 5.74) is 1.31. The lowest BCUT2D eigenvalue weighted by atomic mass is 9.86. The van der Waals surface area contributed by atoms with Crippen LogP contribution in [0.2, 0.25) is 0 Å². The van der Waals surface area contributed by atoms with E-state index in [1.807, 2.05) is 20.8 Å². The van der Waals surface area contributed by atoms with Crippen molar-refractivity contribution in [1.82, 2.24) is 10.2 Å². The largest absolute Gasteiger partial charge is 0.392 e. The van der Waals surface area contributed by atoms with Gasteiger partial charge in [-0.1, -0.05) is 0 Å². The standard InChI is InChI=1S/C12H18F3N3/c1-11(2,3)16-10-8-6-7(12(13,14)15)4-5-9(8)17-18-10/h7H,4-6H2,1-3H3,(H2,16,17,18). The minimum atomic E-state index is -4.12. The smallest absolute Gasteiger partial charge is 0.364 e. The van der Waals surface area contributed by atoms with E-state index in [0.29, 0.717) is 17.8 Å². The molecule has 1 aliphatic carbocycles. The fourth-order valence-corrected chi connectivity index (χ4v) is 2.23. The van der Waals surface area contributed by atoms with Crippen LogP contribution in [0.15, 0.2) is 0 Å². The van der Waals surface area contributed by atoms with Crippen molar-refractivity contribution in [3.05, 3.63) is 11.3 Å². The summed E-state index contributed by atoms with van der Waals surface area (Å²) in [4.78, 5) is 0. The number of aromatic nitrogens is 2. The van der Waals surface area contributed by atoms with Crippen LogP contribution in [0.25, 0.3) is 0 Å². The van der Waals surface area contributed by atoms with E-state index in [4.69, 9.17) is 0 Å². The van der Waals surface area contributed by atoms with Crippen LogP contribution in [0.1, 0.15) is 38.4 Å². The number of fused-ring (bicyclic) bond motifs is 1. The van der Waals surface area contributed by atoms with Gasteiger partial charge in [-0.15, -0.1) is 0 Å². The van der Waals surface area contributed by atoms with Crippen molar-refractivity contribution in [2.75, 3.05) is 5.32 Å². The van der Waals surface area contributed by atoms with Crippen molar-refractivity contribution in [1.29, 1.82) is 0 Å². The highest BCUT2D eigenvalue weighted by Crippen LogP contribution is 2.38. The predicted octanol–water partition coefficient (Wildman–Crippen LogP) is 3.29. The van der Waals surface area contributed by atoms with Gasteiger partial charge in [0.25, 0.3) is 0 Å². The van der Waals surface area contributed by atoms with Gasteiger partial charge in [-0.25, -0.2) is 0 Å². The van der Waals surface area contributed by atoms with E-state index in [0.717, 1.165) is 5.69 Å². The Bertz CT molecular complexity index is 429. The van der Waals surface area contributed by atoms with Gasteiger partial charge in [-0.2, -0.15) is 18.3 Å². The Labute approximate surface area is 104 Å². The average molecular weight is 261 g/mol. The number of nitrogens with one attached hydrogen (secondary N) is 2. The number of aromatic amines is 1. The topological polar surface area (TPSA) is 40.7 Å². The number of alkyl halides is 3. The van der Waals surface area contributed by atoms with Crippen molar-refractivity contribution in [2.45, 2.75) is 51.7 Å². The SMILES string of the molecule is CC(C)(C)Nc1n[nH]c2c1CC(C(F)(F)F)CC2. The van der Waals surface area contributed by atoms with Gasteiger partial charge in [-0.3, -0.25) is 5.10 Å². The third-order valence-corrected chi connectivity index (χ3v) is 3.10. The summed E-state index contributed by atoms with van der Waals surface area (Å²) < 4.78 is 38.3. The second-order valence-corrected chi connectivity index (χ2v) is 5.89. The monoisotopic (exact) mass is 261 g/mol. The van der Waals surface area contributed by atoms with Gasteiger partial charge in [0.1, 0.15) is 0 Å². The number of nitrogens with zero attached hydrogens (tertiary/aromatic N) is 1. The molecule has 1 heterocycles. The number of anilines is 1. The first-order chi connectivity index (χ1) is 8.17. The molecule has 0 radical (unpaired) electrons. The van der Waals surface area contributed by atoms with Crippen molar-refractivity contribution < 1.29 is 13.2 Å². The van der Waals surface area contributed by atoms with Crippen molar-refractivity contribution >= 4 is 5.82 Å². The molecular weight excluding hydrogens is 243 g/mol. The third kappa shape index (κ3) is 2.79. The number of rotatable bonds is 1. The molecule has 0 spiro atoms. The summed E-state index contributed by atoms with van der Waals surface area (Å²) in [5, 5.41) is 10.1. The second-order valence-electron chi connectivity index (χ2n) is 5.89. The van der Waals surface area contributed by atoms with Gasteiger partial charge in [-0.05, 0) is 40.0 Å². The Kier molecular flexibility index (Phi) is 3.07. The zero-order chi connectivity index (χ0) is 13.6. The van der Waals surface area contributed by atoms with Gasteiger partial charge in [0.05, 0.1) is 5.92 Å². The molecule has 0 aromatic carbocycles. The van der Waals surface area contributed by atoms with Gasteiger partial charge in [0.15, 0.2) is 5.82 Å². The third-order valence-electron chi connectivity index (χ3n) is 3.10. The maximum absolute atomic E-state index is 12.8. The lowest BCUT2D eigenvalue weighted by molar-refractivity contribution is -0.177. The molecule has 3 nitrogen and oxygen atoms in total. The van der Waals surface area contributed by atoms with Gasteiger partial charge < -0.3 is 5.32 Å². The van der Waals surface area contributed by atoms with Crippen molar-refractivity contribution in [3.63, 3.8) is 0 Å². The molecule has 0 bridgehead atoms. The van der Waals surface area contributed by atoms with Gasteiger partial charge in [0.2, 0.25) is 0 Å².